The standard InChI is InChI=1S/C21H24O3/c1-24-20(22)19(21(23)14-6-3-7-15-21)18-12-10-17(11-13-18)16-8-4-2-5-9-16/h2,4-5,8-13,19,23H,3,6-7,14-15H2,1H3. The second-order valence-electron chi connectivity index (χ2n) is 6.61. The van der Waals surface area contributed by atoms with E-state index in [4.69, 9.17) is 4.74 Å². The van der Waals surface area contributed by atoms with Gasteiger partial charge in [-0.1, -0.05) is 73.9 Å². The van der Waals surface area contributed by atoms with Crippen molar-refractivity contribution in [3.8, 4) is 11.1 Å². The average Bonchev–Trinajstić information content (AvgIpc) is 2.63. The summed E-state index contributed by atoms with van der Waals surface area (Å²) in [6.07, 6.45) is 4.31. The summed E-state index contributed by atoms with van der Waals surface area (Å²) in [7, 11) is 1.39. The molecule has 2 aromatic rings. The van der Waals surface area contributed by atoms with Crippen LogP contribution < -0.4 is 0 Å². The summed E-state index contributed by atoms with van der Waals surface area (Å²) < 4.78 is 5.00. The molecule has 1 saturated carbocycles. The third-order valence-corrected chi connectivity index (χ3v) is 5.04. The minimum Gasteiger partial charge on any atom is -0.468 e. The van der Waals surface area contributed by atoms with Gasteiger partial charge in [-0.05, 0) is 29.5 Å². The zero-order chi connectivity index (χ0) is 17.0. The van der Waals surface area contributed by atoms with Gasteiger partial charge in [-0.3, -0.25) is 4.79 Å². The van der Waals surface area contributed by atoms with Gasteiger partial charge in [-0.2, -0.15) is 0 Å². The molecule has 0 aliphatic heterocycles. The Morgan fingerprint density at radius 3 is 2.12 bits per heavy atom. The molecule has 1 fully saturated rings. The van der Waals surface area contributed by atoms with Crippen LogP contribution in [0.4, 0.5) is 0 Å². The molecular formula is C21H24O3. The molecule has 1 atom stereocenters. The lowest BCUT2D eigenvalue weighted by atomic mass is 9.72. The largest absolute Gasteiger partial charge is 0.468 e. The number of aliphatic hydroxyl groups is 1. The maximum Gasteiger partial charge on any atom is 0.316 e. The van der Waals surface area contributed by atoms with E-state index in [0.29, 0.717) is 12.8 Å². The Bertz CT molecular complexity index is 670. The third-order valence-electron chi connectivity index (χ3n) is 5.04. The molecule has 3 nitrogen and oxygen atoms in total. The molecule has 0 saturated heterocycles. The number of benzene rings is 2. The predicted octanol–water partition coefficient (Wildman–Crippen LogP) is 4.31. The van der Waals surface area contributed by atoms with Gasteiger partial charge in [0.25, 0.3) is 0 Å². The van der Waals surface area contributed by atoms with Crippen LogP contribution in [-0.2, 0) is 9.53 Å². The van der Waals surface area contributed by atoms with Crippen molar-refractivity contribution >= 4 is 5.97 Å². The van der Waals surface area contributed by atoms with Crippen molar-refractivity contribution in [1.29, 1.82) is 0 Å². The van der Waals surface area contributed by atoms with Gasteiger partial charge in [0.15, 0.2) is 0 Å². The summed E-state index contributed by atoms with van der Waals surface area (Å²) >= 11 is 0. The lowest BCUT2D eigenvalue weighted by molar-refractivity contribution is -0.151. The number of hydrogen-bond donors (Lipinski definition) is 1. The van der Waals surface area contributed by atoms with E-state index in [-0.39, 0.29) is 5.97 Å². The first kappa shape index (κ1) is 16.7. The Morgan fingerprint density at radius 2 is 1.54 bits per heavy atom. The van der Waals surface area contributed by atoms with Crippen molar-refractivity contribution in [2.75, 3.05) is 7.11 Å². The lowest BCUT2D eigenvalue weighted by Crippen LogP contribution is -2.42. The third kappa shape index (κ3) is 3.36. The molecule has 3 heteroatoms. The highest BCUT2D eigenvalue weighted by molar-refractivity contribution is 5.80. The van der Waals surface area contributed by atoms with Crippen LogP contribution in [0, 0.1) is 0 Å². The highest BCUT2D eigenvalue weighted by atomic mass is 16.5. The molecule has 1 aliphatic rings. The summed E-state index contributed by atoms with van der Waals surface area (Å²) in [6.45, 7) is 0. The normalized spacial score (nSPS) is 17.9. The van der Waals surface area contributed by atoms with Crippen LogP contribution in [0.3, 0.4) is 0 Å². The number of ether oxygens (including phenoxy) is 1. The van der Waals surface area contributed by atoms with Gasteiger partial charge in [-0.25, -0.2) is 0 Å². The van der Waals surface area contributed by atoms with Gasteiger partial charge in [-0.15, -0.1) is 0 Å². The van der Waals surface area contributed by atoms with E-state index in [9.17, 15) is 9.90 Å². The van der Waals surface area contributed by atoms with Crippen LogP contribution in [0.25, 0.3) is 11.1 Å². The van der Waals surface area contributed by atoms with Crippen molar-refractivity contribution in [3.63, 3.8) is 0 Å². The van der Waals surface area contributed by atoms with Crippen molar-refractivity contribution in [1.82, 2.24) is 0 Å². The van der Waals surface area contributed by atoms with Gasteiger partial charge in [0.2, 0.25) is 0 Å². The summed E-state index contributed by atoms with van der Waals surface area (Å²) in [5.41, 5.74) is 2.05. The van der Waals surface area contributed by atoms with Gasteiger partial charge < -0.3 is 9.84 Å². The average molecular weight is 324 g/mol. The highest BCUT2D eigenvalue weighted by Crippen LogP contribution is 2.41. The van der Waals surface area contributed by atoms with Crippen LogP contribution in [0.2, 0.25) is 0 Å². The van der Waals surface area contributed by atoms with Crippen LogP contribution in [0.5, 0.6) is 0 Å². The number of rotatable bonds is 4. The lowest BCUT2D eigenvalue weighted by Gasteiger charge is -2.37. The molecule has 0 aromatic heterocycles. The van der Waals surface area contributed by atoms with E-state index in [1.807, 2.05) is 42.5 Å². The first-order chi connectivity index (χ1) is 11.6. The molecule has 126 valence electrons. The highest BCUT2D eigenvalue weighted by Gasteiger charge is 2.43. The smallest absolute Gasteiger partial charge is 0.316 e. The monoisotopic (exact) mass is 324 g/mol. The first-order valence-electron chi connectivity index (χ1n) is 8.60. The van der Waals surface area contributed by atoms with E-state index in [1.165, 1.54) is 7.11 Å². The van der Waals surface area contributed by atoms with E-state index < -0.39 is 11.5 Å². The van der Waals surface area contributed by atoms with Crippen molar-refractivity contribution in [3.05, 3.63) is 60.2 Å². The quantitative estimate of drug-likeness (QED) is 0.853. The van der Waals surface area contributed by atoms with Gasteiger partial charge in [0.05, 0.1) is 12.7 Å². The minimum atomic E-state index is -1.00. The summed E-state index contributed by atoms with van der Waals surface area (Å²) in [5, 5.41) is 11.1. The molecule has 1 unspecified atom stereocenters. The van der Waals surface area contributed by atoms with Gasteiger partial charge in [0, 0.05) is 0 Å². The fourth-order valence-corrected chi connectivity index (χ4v) is 3.73. The van der Waals surface area contributed by atoms with Gasteiger partial charge >= 0.3 is 5.97 Å². The topological polar surface area (TPSA) is 46.5 Å². The van der Waals surface area contributed by atoms with E-state index in [0.717, 1.165) is 36.0 Å². The molecule has 0 bridgehead atoms. The van der Waals surface area contributed by atoms with Gasteiger partial charge in [0.1, 0.15) is 5.92 Å². The Labute approximate surface area is 143 Å². The maximum atomic E-state index is 12.4. The van der Waals surface area contributed by atoms with E-state index >= 15 is 0 Å². The number of methoxy groups -OCH3 is 1. The Morgan fingerprint density at radius 1 is 0.958 bits per heavy atom. The molecule has 0 amide bonds. The molecule has 1 aliphatic carbocycles. The SMILES string of the molecule is COC(=O)C(c1ccc(-c2ccccc2)cc1)C1(O)CCCCC1. The molecule has 24 heavy (non-hydrogen) atoms. The molecule has 0 spiro atoms. The van der Waals surface area contributed by atoms with Crippen molar-refractivity contribution in [2.45, 2.75) is 43.6 Å². The Balaban J connectivity index is 1.92. The molecule has 1 N–H and O–H groups in total. The summed E-state index contributed by atoms with van der Waals surface area (Å²) in [5.74, 6) is -0.973. The summed E-state index contributed by atoms with van der Waals surface area (Å²) in [4.78, 5) is 12.4. The predicted molar refractivity (Wildman–Crippen MR) is 94.7 cm³/mol. The second kappa shape index (κ2) is 7.18. The zero-order valence-corrected chi connectivity index (χ0v) is 14.1. The fraction of sp³-hybridized carbons (Fsp3) is 0.381. The minimum absolute atomic E-state index is 0.355. The number of hydrogen-bond acceptors (Lipinski definition) is 3. The Hall–Kier alpha value is -2.13. The van der Waals surface area contributed by atoms with Crippen LogP contribution in [-0.4, -0.2) is 23.8 Å². The number of esters is 1. The first-order valence-corrected chi connectivity index (χ1v) is 8.60. The molecule has 2 aromatic carbocycles. The number of carbonyl (C=O) groups excluding carboxylic acids is 1. The fourth-order valence-electron chi connectivity index (χ4n) is 3.73. The molecular weight excluding hydrogens is 300 g/mol. The molecule has 0 radical (unpaired) electrons. The van der Waals surface area contributed by atoms with E-state index in [1.54, 1.807) is 0 Å². The van der Waals surface area contributed by atoms with Crippen molar-refractivity contribution < 1.29 is 14.6 Å². The Kier molecular flexibility index (Phi) is 5.00. The van der Waals surface area contributed by atoms with Crippen LogP contribution in [0.1, 0.15) is 43.6 Å². The van der Waals surface area contributed by atoms with Crippen LogP contribution >= 0.6 is 0 Å². The maximum absolute atomic E-state index is 12.4. The number of carbonyl (C=O) groups is 1. The van der Waals surface area contributed by atoms with Crippen LogP contribution in [0.15, 0.2) is 54.6 Å². The zero-order valence-electron chi connectivity index (χ0n) is 14.1. The van der Waals surface area contributed by atoms with Crippen molar-refractivity contribution in [2.24, 2.45) is 0 Å². The molecule has 0 heterocycles. The summed E-state index contributed by atoms with van der Waals surface area (Å²) in [6, 6.07) is 18.0. The second-order valence-corrected chi connectivity index (χ2v) is 6.61. The van der Waals surface area contributed by atoms with E-state index in [2.05, 4.69) is 12.1 Å². The molecule has 3 rings (SSSR count).